The van der Waals surface area contributed by atoms with Crippen molar-refractivity contribution < 1.29 is 4.42 Å². The molecule has 0 radical (unpaired) electrons. The molecule has 1 nitrogen and oxygen atoms in total. The van der Waals surface area contributed by atoms with E-state index in [0.717, 1.165) is 17.8 Å². The highest BCUT2D eigenvalue weighted by molar-refractivity contribution is 14.2. The predicted molar refractivity (Wildman–Crippen MR) is 76.4 cm³/mol. The molecule has 3 heteroatoms. The molecule has 0 aliphatic carbocycles. The van der Waals surface area contributed by atoms with Crippen molar-refractivity contribution >= 4 is 56.2 Å². The summed E-state index contributed by atoms with van der Waals surface area (Å²) in [5.41, 5.74) is 2.35. The fourth-order valence-electron chi connectivity index (χ4n) is 1.43. The molecule has 0 aliphatic heterocycles. The smallest absolute Gasteiger partial charge is 0.134 e. The molecule has 0 amide bonds. The Hall–Kier alpha value is 0.220. The van der Waals surface area contributed by atoms with Crippen molar-refractivity contribution in [1.82, 2.24) is 0 Å². The molecule has 2 aromatic rings. The van der Waals surface area contributed by atoms with Gasteiger partial charge in [-0.05, 0) is 23.8 Å². The van der Waals surface area contributed by atoms with Crippen LogP contribution >= 0.6 is 45.2 Å². The molecule has 0 saturated heterocycles. The SMILES string of the molecule is CCc1cc2cc(C(I)I)ccc2o1. The van der Waals surface area contributed by atoms with E-state index in [1.807, 2.05) is 0 Å². The van der Waals surface area contributed by atoms with Crippen LogP contribution < -0.4 is 0 Å². The van der Waals surface area contributed by atoms with E-state index in [1.54, 1.807) is 0 Å². The Morgan fingerprint density at radius 2 is 2.07 bits per heavy atom. The first-order valence-electron chi connectivity index (χ1n) is 4.51. The van der Waals surface area contributed by atoms with Gasteiger partial charge in [-0.1, -0.05) is 58.2 Å². The third-order valence-electron chi connectivity index (χ3n) is 2.19. The van der Waals surface area contributed by atoms with E-state index < -0.39 is 0 Å². The highest BCUT2D eigenvalue weighted by Gasteiger charge is 2.06. The maximum Gasteiger partial charge on any atom is 0.134 e. The average molecular weight is 412 g/mol. The maximum absolute atomic E-state index is 5.65. The van der Waals surface area contributed by atoms with Gasteiger partial charge in [0.15, 0.2) is 0 Å². The van der Waals surface area contributed by atoms with Gasteiger partial charge in [0.05, 0.1) is 1.93 Å². The van der Waals surface area contributed by atoms with Crippen molar-refractivity contribution in [2.45, 2.75) is 15.3 Å². The number of rotatable bonds is 2. The van der Waals surface area contributed by atoms with Gasteiger partial charge in [-0.25, -0.2) is 0 Å². The summed E-state index contributed by atoms with van der Waals surface area (Å²) in [7, 11) is 0. The van der Waals surface area contributed by atoms with E-state index in [4.69, 9.17) is 4.42 Å². The Morgan fingerprint density at radius 1 is 1.29 bits per heavy atom. The zero-order valence-electron chi connectivity index (χ0n) is 7.76. The summed E-state index contributed by atoms with van der Waals surface area (Å²) < 4.78 is 6.17. The molecule has 14 heavy (non-hydrogen) atoms. The predicted octanol–water partition coefficient (Wildman–Crippen LogP) is 4.86. The second kappa shape index (κ2) is 4.38. The quantitative estimate of drug-likeness (QED) is 0.508. The number of alkyl halides is 2. The fraction of sp³-hybridized carbons (Fsp3) is 0.273. The van der Waals surface area contributed by atoms with Gasteiger partial charge in [0, 0.05) is 11.8 Å². The normalized spacial score (nSPS) is 11.4. The maximum atomic E-state index is 5.65. The second-order valence-electron chi connectivity index (χ2n) is 3.16. The second-order valence-corrected chi connectivity index (χ2v) is 8.04. The van der Waals surface area contributed by atoms with Crippen molar-refractivity contribution in [1.29, 1.82) is 0 Å². The van der Waals surface area contributed by atoms with Gasteiger partial charge in [-0.15, -0.1) is 0 Å². The van der Waals surface area contributed by atoms with E-state index in [2.05, 4.69) is 76.4 Å². The van der Waals surface area contributed by atoms with Crippen LogP contribution in [0.5, 0.6) is 0 Å². The van der Waals surface area contributed by atoms with Crippen molar-refractivity contribution in [3.05, 3.63) is 35.6 Å². The van der Waals surface area contributed by atoms with Gasteiger partial charge >= 0.3 is 0 Å². The number of furan rings is 1. The Labute approximate surface area is 111 Å². The van der Waals surface area contributed by atoms with E-state index in [0.29, 0.717) is 1.93 Å². The Kier molecular flexibility index (Phi) is 3.36. The monoisotopic (exact) mass is 412 g/mol. The first-order chi connectivity index (χ1) is 6.70. The first-order valence-corrected chi connectivity index (χ1v) is 7.00. The van der Waals surface area contributed by atoms with Crippen LogP contribution in [0.4, 0.5) is 0 Å². The number of hydrogen-bond acceptors (Lipinski definition) is 1. The minimum Gasteiger partial charge on any atom is -0.461 e. The fourth-order valence-corrected chi connectivity index (χ4v) is 2.20. The Bertz CT molecular complexity index is 445. The summed E-state index contributed by atoms with van der Waals surface area (Å²) in [5.74, 6) is 1.07. The summed E-state index contributed by atoms with van der Waals surface area (Å²) >= 11 is 4.83. The zero-order valence-corrected chi connectivity index (χ0v) is 12.1. The van der Waals surface area contributed by atoms with Crippen molar-refractivity contribution in [2.75, 3.05) is 0 Å². The molecule has 0 aliphatic rings. The molecule has 1 aromatic heterocycles. The van der Waals surface area contributed by atoms with Gasteiger partial charge in [0.1, 0.15) is 11.3 Å². The molecule has 74 valence electrons. The lowest BCUT2D eigenvalue weighted by molar-refractivity contribution is 0.557. The summed E-state index contributed by atoms with van der Waals surface area (Å²) in [5, 5.41) is 1.22. The third kappa shape index (κ3) is 2.08. The highest BCUT2D eigenvalue weighted by atomic mass is 127. The van der Waals surface area contributed by atoms with Crippen LogP contribution in [0.1, 0.15) is 20.2 Å². The average Bonchev–Trinajstić information content (AvgIpc) is 2.58. The van der Waals surface area contributed by atoms with E-state index in [1.165, 1.54) is 10.9 Å². The minimum absolute atomic E-state index is 0.523. The van der Waals surface area contributed by atoms with Crippen LogP contribution in [0, 0.1) is 0 Å². The molecule has 0 bridgehead atoms. The van der Waals surface area contributed by atoms with E-state index >= 15 is 0 Å². The van der Waals surface area contributed by atoms with Crippen molar-refractivity contribution in [2.24, 2.45) is 0 Å². The van der Waals surface area contributed by atoms with Gasteiger partial charge in [0.2, 0.25) is 0 Å². The largest absolute Gasteiger partial charge is 0.461 e. The number of hydrogen-bond donors (Lipinski definition) is 0. The number of benzene rings is 1. The molecule has 0 unspecified atom stereocenters. The van der Waals surface area contributed by atoms with Gasteiger partial charge in [-0.2, -0.15) is 0 Å². The van der Waals surface area contributed by atoms with Crippen LogP contribution in [0.25, 0.3) is 11.0 Å². The lowest BCUT2D eigenvalue weighted by Gasteiger charge is -2.00. The van der Waals surface area contributed by atoms with Gasteiger partial charge in [0.25, 0.3) is 0 Å². The summed E-state index contributed by atoms with van der Waals surface area (Å²) in [6.07, 6.45) is 0.960. The highest BCUT2D eigenvalue weighted by Crippen LogP contribution is 2.33. The molecule has 0 saturated carbocycles. The minimum atomic E-state index is 0.523. The first kappa shape index (κ1) is 10.7. The molecular weight excluding hydrogens is 402 g/mol. The third-order valence-corrected chi connectivity index (χ3v) is 3.63. The number of halogens is 2. The molecule has 2 rings (SSSR count). The molecule has 1 heterocycles. The summed E-state index contributed by atoms with van der Waals surface area (Å²) in [4.78, 5) is 0. The van der Waals surface area contributed by atoms with Crippen LogP contribution in [0.3, 0.4) is 0 Å². The molecular formula is C11H10I2O. The van der Waals surface area contributed by atoms with Crippen molar-refractivity contribution in [3.8, 4) is 0 Å². The van der Waals surface area contributed by atoms with Crippen LogP contribution in [-0.4, -0.2) is 0 Å². The van der Waals surface area contributed by atoms with Gasteiger partial charge < -0.3 is 4.42 Å². The van der Waals surface area contributed by atoms with Crippen LogP contribution in [0.2, 0.25) is 0 Å². The molecule has 0 spiro atoms. The number of fused-ring (bicyclic) bond motifs is 1. The van der Waals surface area contributed by atoms with Gasteiger partial charge in [-0.3, -0.25) is 0 Å². The molecule has 1 aromatic carbocycles. The standard InChI is InChI=1S/C11H10I2O/c1-2-9-6-8-5-7(11(12)13)3-4-10(8)14-9/h3-6,11H,2H2,1H3. The van der Waals surface area contributed by atoms with E-state index in [9.17, 15) is 0 Å². The molecule has 0 atom stereocenters. The van der Waals surface area contributed by atoms with Crippen LogP contribution in [-0.2, 0) is 6.42 Å². The molecule has 0 N–H and O–H groups in total. The van der Waals surface area contributed by atoms with E-state index in [-0.39, 0.29) is 0 Å². The Balaban J connectivity index is 2.54. The number of aryl methyl sites for hydroxylation is 1. The van der Waals surface area contributed by atoms with Crippen molar-refractivity contribution in [3.63, 3.8) is 0 Å². The molecule has 0 fully saturated rings. The lowest BCUT2D eigenvalue weighted by atomic mass is 10.2. The zero-order chi connectivity index (χ0) is 10.1. The Morgan fingerprint density at radius 3 is 2.71 bits per heavy atom. The summed E-state index contributed by atoms with van der Waals surface area (Å²) in [6.45, 7) is 2.11. The van der Waals surface area contributed by atoms with Crippen LogP contribution in [0.15, 0.2) is 28.7 Å². The topological polar surface area (TPSA) is 13.1 Å². The summed E-state index contributed by atoms with van der Waals surface area (Å²) in [6, 6.07) is 8.54. The lowest BCUT2D eigenvalue weighted by Crippen LogP contribution is -1.77.